The standard InChI is InChI=1S/C20H28N2O3S2/c1-12-14(3)26-10-8-21(12)19(24)16-6-5-7-17(18(16)23)20(25)22-9-11-27-15(4)13(22)2/h5-7,12-15,23H,8-11H2,1-4H3/t12-,13-,14-,15+/m0/s1. The molecule has 2 amide bonds. The molecule has 2 saturated heterocycles. The number of carbonyl (C=O) groups excluding carboxylic acids is 2. The Balaban J connectivity index is 1.87. The number of para-hydroxylation sites is 1. The minimum Gasteiger partial charge on any atom is -0.506 e. The summed E-state index contributed by atoms with van der Waals surface area (Å²) in [7, 11) is 0. The first-order valence-electron chi connectivity index (χ1n) is 9.50. The van der Waals surface area contributed by atoms with Gasteiger partial charge in [-0.3, -0.25) is 9.59 Å². The maximum Gasteiger partial charge on any atom is 0.257 e. The highest BCUT2D eigenvalue weighted by Gasteiger charge is 2.34. The summed E-state index contributed by atoms with van der Waals surface area (Å²) in [5.74, 6) is 1.19. The Morgan fingerprint density at radius 1 is 0.889 bits per heavy atom. The van der Waals surface area contributed by atoms with Crippen LogP contribution in [0.15, 0.2) is 18.2 Å². The maximum atomic E-state index is 13.1. The van der Waals surface area contributed by atoms with E-state index in [9.17, 15) is 14.7 Å². The van der Waals surface area contributed by atoms with Crippen LogP contribution in [0.25, 0.3) is 0 Å². The van der Waals surface area contributed by atoms with Gasteiger partial charge in [0.2, 0.25) is 0 Å². The molecule has 5 nitrogen and oxygen atoms in total. The molecule has 0 bridgehead atoms. The third-order valence-electron chi connectivity index (χ3n) is 5.79. The summed E-state index contributed by atoms with van der Waals surface area (Å²) in [5.41, 5.74) is 0.442. The molecule has 3 rings (SSSR count). The largest absolute Gasteiger partial charge is 0.506 e. The fourth-order valence-corrected chi connectivity index (χ4v) is 5.84. The molecule has 148 valence electrons. The van der Waals surface area contributed by atoms with E-state index in [1.165, 1.54) is 0 Å². The van der Waals surface area contributed by atoms with Gasteiger partial charge < -0.3 is 14.9 Å². The van der Waals surface area contributed by atoms with E-state index in [1.54, 1.807) is 18.2 Å². The molecule has 2 aliphatic heterocycles. The molecule has 0 aromatic heterocycles. The average molecular weight is 409 g/mol. The van der Waals surface area contributed by atoms with Crippen molar-refractivity contribution in [3.63, 3.8) is 0 Å². The second-order valence-electron chi connectivity index (χ2n) is 7.33. The van der Waals surface area contributed by atoms with Gasteiger partial charge in [0.15, 0.2) is 0 Å². The van der Waals surface area contributed by atoms with E-state index in [2.05, 4.69) is 13.8 Å². The van der Waals surface area contributed by atoms with Crippen LogP contribution < -0.4 is 0 Å². The lowest BCUT2D eigenvalue weighted by Crippen LogP contribution is -2.48. The molecule has 1 N–H and O–H groups in total. The van der Waals surface area contributed by atoms with Gasteiger partial charge in [-0.05, 0) is 26.0 Å². The minimum absolute atomic E-state index is 0.0926. The summed E-state index contributed by atoms with van der Waals surface area (Å²) in [4.78, 5) is 29.8. The number of carbonyl (C=O) groups is 2. The Morgan fingerprint density at radius 2 is 1.30 bits per heavy atom. The number of phenolic OH excluding ortho intramolecular Hbond substituents is 1. The van der Waals surface area contributed by atoms with Crippen molar-refractivity contribution in [3.8, 4) is 5.75 Å². The molecule has 1 aromatic carbocycles. The third kappa shape index (κ3) is 3.94. The lowest BCUT2D eigenvalue weighted by atomic mass is 10.0. The number of nitrogens with zero attached hydrogens (tertiary/aromatic N) is 2. The van der Waals surface area contributed by atoms with Crippen molar-refractivity contribution in [2.24, 2.45) is 0 Å². The number of hydrogen-bond acceptors (Lipinski definition) is 5. The van der Waals surface area contributed by atoms with Crippen molar-refractivity contribution < 1.29 is 14.7 Å². The Morgan fingerprint density at radius 3 is 1.70 bits per heavy atom. The number of aromatic hydroxyl groups is 1. The number of rotatable bonds is 2. The molecule has 7 heteroatoms. The predicted molar refractivity (Wildman–Crippen MR) is 113 cm³/mol. The summed E-state index contributed by atoms with van der Waals surface area (Å²) in [5, 5.41) is 11.5. The first-order chi connectivity index (χ1) is 12.8. The van der Waals surface area contributed by atoms with Crippen LogP contribution in [0.3, 0.4) is 0 Å². The van der Waals surface area contributed by atoms with Crippen molar-refractivity contribution in [1.82, 2.24) is 9.80 Å². The van der Waals surface area contributed by atoms with Crippen LogP contribution >= 0.6 is 23.5 Å². The number of hydrogen-bond donors (Lipinski definition) is 1. The number of phenols is 1. The molecule has 2 aliphatic rings. The van der Waals surface area contributed by atoms with Gasteiger partial charge in [-0.15, -0.1) is 0 Å². The lowest BCUT2D eigenvalue weighted by molar-refractivity contribution is 0.0690. The van der Waals surface area contributed by atoms with E-state index >= 15 is 0 Å². The monoisotopic (exact) mass is 408 g/mol. The quantitative estimate of drug-likeness (QED) is 0.813. The first kappa shape index (κ1) is 20.4. The second kappa shape index (κ2) is 8.35. The zero-order valence-corrected chi connectivity index (χ0v) is 18.0. The Labute approximate surface area is 169 Å². The molecule has 0 unspecified atom stereocenters. The van der Waals surface area contributed by atoms with Crippen LogP contribution in [0.1, 0.15) is 48.4 Å². The normalized spacial score (nSPS) is 28.9. The van der Waals surface area contributed by atoms with Crippen LogP contribution in [-0.2, 0) is 0 Å². The Kier molecular flexibility index (Phi) is 6.31. The molecule has 27 heavy (non-hydrogen) atoms. The van der Waals surface area contributed by atoms with Gasteiger partial charge in [0, 0.05) is 47.2 Å². The molecule has 2 fully saturated rings. The number of amides is 2. The van der Waals surface area contributed by atoms with Crippen molar-refractivity contribution in [3.05, 3.63) is 29.3 Å². The molecule has 0 aliphatic carbocycles. The fraction of sp³-hybridized carbons (Fsp3) is 0.600. The summed E-state index contributed by atoms with van der Waals surface area (Å²) >= 11 is 3.71. The summed E-state index contributed by atoms with van der Waals surface area (Å²) < 4.78 is 0. The van der Waals surface area contributed by atoms with Crippen molar-refractivity contribution >= 4 is 35.3 Å². The fourth-order valence-electron chi connectivity index (χ4n) is 3.64. The van der Waals surface area contributed by atoms with Crippen LogP contribution in [0.4, 0.5) is 0 Å². The zero-order valence-electron chi connectivity index (χ0n) is 16.3. The Bertz CT molecular complexity index is 671. The van der Waals surface area contributed by atoms with E-state index in [4.69, 9.17) is 0 Å². The zero-order chi connectivity index (χ0) is 19.7. The molecular formula is C20H28N2O3S2. The molecule has 2 heterocycles. The third-order valence-corrected chi connectivity index (χ3v) is 8.46. The maximum absolute atomic E-state index is 13.1. The average Bonchev–Trinajstić information content (AvgIpc) is 2.65. The van der Waals surface area contributed by atoms with Crippen LogP contribution in [-0.4, -0.2) is 73.9 Å². The van der Waals surface area contributed by atoms with E-state index < -0.39 is 0 Å². The summed E-state index contributed by atoms with van der Waals surface area (Å²) in [6.07, 6.45) is 0. The van der Waals surface area contributed by atoms with Gasteiger partial charge in [-0.25, -0.2) is 0 Å². The van der Waals surface area contributed by atoms with Crippen LogP contribution in [0.5, 0.6) is 5.75 Å². The molecular weight excluding hydrogens is 380 g/mol. The number of thioether (sulfide) groups is 2. The van der Waals surface area contributed by atoms with Crippen molar-refractivity contribution in [1.29, 1.82) is 0 Å². The van der Waals surface area contributed by atoms with E-state index in [0.29, 0.717) is 23.6 Å². The second-order valence-corrected chi connectivity index (χ2v) is 10.3. The minimum atomic E-state index is -0.197. The lowest BCUT2D eigenvalue weighted by Gasteiger charge is -2.38. The van der Waals surface area contributed by atoms with Gasteiger partial charge in [0.25, 0.3) is 11.8 Å². The summed E-state index contributed by atoms with van der Waals surface area (Å²) in [6.45, 7) is 9.62. The molecule has 4 atom stereocenters. The molecule has 0 radical (unpaired) electrons. The molecule has 1 aromatic rings. The van der Waals surface area contributed by atoms with E-state index in [-0.39, 0.29) is 40.8 Å². The van der Waals surface area contributed by atoms with Gasteiger partial charge in [-0.1, -0.05) is 19.9 Å². The van der Waals surface area contributed by atoms with Crippen molar-refractivity contribution in [2.45, 2.75) is 50.3 Å². The van der Waals surface area contributed by atoms with Gasteiger partial charge >= 0.3 is 0 Å². The topological polar surface area (TPSA) is 60.9 Å². The highest BCUT2D eigenvalue weighted by atomic mass is 32.2. The molecule has 0 spiro atoms. The van der Waals surface area contributed by atoms with E-state index in [1.807, 2.05) is 47.2 Å². The summed E-state index contributed by atoms with van der Waals surface area (Å²) in [6, 6.07) is 5.11. The SMILES string of the molecule is C[C@@H]1SCCN(C(=O)c2cccc(C(=O)N3CCS[C@H](C)[C@@H]3C)c2O)[C@H]1C. The Hall–Kier alpha value is -1.34. The van der Waals surface area contributed by atoms with Gasteiger partial charge in [-0.2, -0.15) is 23.5 Å². The first-order valence-corrected chi connectivity index (χ1v) is 11.6. The van der Waals surface area contributed by atoms with Crippen LogP contribution in [0, 0.1) is 0 Å². The van der Waals surface area contributed by atoms with Gasteiger partial charge in [0.1, 0.15) is 5.75 Å². The highest BCUT2D eigenvalue weighted by Crippen LogP contribution is 2.32. The van der Waals surface area contributed by atoms with E-state index in [0.717, 1.165) is 11.5 Å². The molecule has 0 saturated carbocycles. The highest BCUT2D eigenvalue weighted by molar-refractivity contribution is 8.00. The number of benzene rings is 1. The van der Waals surface area contributed by atoms with Gasteiger partial charge in [0.05, 0.1) is 11.1 Å². The smallest absolute Gasteiger partial charge is 0.257 e. The van der Waals surface area contributed by atoms with Crippen molar-refractivity contribution in [2.75, 3.05) is 24.6 Å². The predicted octanol–water partition coefficient (Wildman–Crippen LogP) is 3.32. The van der Waals surface area contributed by atoms with Crippen LogP contribution in [0.2, 0.25) is 0 Å².